The maximum Gasteiger partial charge on any atom is 0.268 e. The summed E-state index contributed by atoms with van der Waals surface area (Å²) in [6.45, 7) is 7.45. The molecular formula is C21H17N7O. The Bertz CT molecular complexity index is 1310. The molecule has 2 aromatic heterocycles. The van der Waals surface area contributed by atoms with Gasteiger partial charge >= 0.3 is 0 Å². The van der Waals surface area contributed by atoms with Crippen LogP contribution in [0, 0.1) is 6.57 Å². The molecule has 29 heavy (non-hydrogen) atoms. The highest BCUT2D eigenvalue weighted by atomic mass is 16.1. The number of hydrogen-bond acceptors (Lipinski definition) is 6. The van der Waals surface area contributed by atoms with Gasteiger partial charge in [-0.05, 0) is 17.7 Å². The monoisotopic (exact) mass is 383 g/mol. The van der Waals surface area contributed by atoms with Crippen LogP contribution in [0.3, 0.4) is 0 Å². The summed E-state index contributed by atoms with van der Waals surface area (Å²) in [4.78, 5) is 27.8. The number of aromatic nitrogens is 3. The van der Waals surface area contributed by atoms with E-state index in [1.165, 1.54) is 0 Å². The first-order chi connectivity index (χ1) is 14.1. The molecule has 0 bridgehead atoms. The topological polar surface area (TPSA) is 127 Å². The van der Waals surface area contributed by atoms with Gasteiger partial charge in [0.25, 0.3) is 5.69 Å². The molecule has 6 N–H and O–H groups in total. The molecule has 0 spiro atoms. The van der Waals surface area contributed by atoms with Crippen LogP contribution >= 0.6 is 0 Å². The van der Waals surface area contributed by atoms with Crippen molar-refractivity contribution >= 4 is 34.2 Å². The van der Waals surface area contributed by atoms with Gasteiger partial charge in [-0.3, -0.25) is 4.79 Å². The Labute approximate surface area is 166 Å². The second-order valence-corrected chi connectivity index (χ2v) is 6.35. The number of hydrogen-bond donors (Lipinski definition) is 4. The summed E-state index contributed by atoms with van der Waals surface area (Å²) < 4.78 is 0. The molecule has 142 valence electrons. The van der Waals surface area contributed by atoms with Crippen molar-refractivity contribution in [3.63, 3.8) is 0 Å². The average molecular weight is 383 g/mol. The largest absolute Gasteiger partial charge is 0.392 e. The number of nitrogens with zero attached hydrogens (tertiary/aromatic N) is 3. The summed E-state index contributed by atoms with van der Waals surface area (Å²) in [6, 6.07) is 16.9. The maximum absolute atomic E-state index is 13.2. The first-order valence-electron chi connectivity index (χ1n) is 8.82. The second-order valence-electron chi connectivity index (χ2n) is 6.35. The van der Waals surface area contributed by atoms with Crippen molar-refractivity contribution in [2.24, 2.45) is 0 Å². The van der Waals surface area contributed by atoms with E-state index in [4.69, 9.17) is 18.0 Å². The molecule has 0 saturated carbocycles. The Kier molecular flexibility index (Phi) is 4.55. The number of para-hydroxylation sites is 1. The molecular weight excluding hydrogens is 366 g/mol. The van der Waals surface area contributed by atoms with Crippen molar-refractivity contribution in [3.05, 3.63) is 81.8 Å². The number of pyridine rings is 1. The van der Waals surface area contributed by atoms with Gasteiger partial charge in [0.1, 0.15) is 11.6 Å². The van der Waals surface area contributed by atoms with Crippen molar-refractivity contribution in [3.8, 4) is 11.3 Å². The molecule has 0 saturated heterocycles. The van der Waals surface area contributed by atoms with Gasteiger partial charge in [-0.25, -0.2) is 14.8 Å². The van der Waals surface area contributed by atoms with Crippen molar-refractivity contribution in [2.45, 2.75) is 6.54 Å². The van der Waals surface area contributed by atoms with Gasteiger partial charge < -0.3 is 21.8 Å². The lowest BCUT2D eigenvalue weighted by Gasteiger charge is -2.14. The summed E-state index contributed by atoms with van der Waals surface area (Å²) >= 11 is 0. The quantitative estimate of drug-likeness (QED) is 0.400. The summed E-state index contributed by atoms with van der Waals surface area (Å²) in [7, 11) is 0. The van der Waals surface area contributed by atoms with Crippen molar-refractivity contribution in [1.82, 2.24) is 15.0 Å². The molecule has 2 heterocycles. The Morgan fingerprint density at radius 2 is 1.76 bits per heavy atom. The van der Waals surface area contributed by atoms with Gasteiger partial charge in [0.2, 0.25) is 5.95 Å². The first-order valence-corrected chi connectivity index (χ1v) is 8.82. The molecule has 0 amide bonds. The molecule has 0 fully saturated rings. The van der Waals surface area contributed by atoms with Gasteiger partial charge in [0.05, 0.1) is 12.3 Å². The molecule has 2 aromatic carbocycles. The number of nitrogens with two attached hydrogens (primary N) is 2. The fourth-order valence-corrected chi connectivity index (χ4v) is 3.19. The molecule has 8 heteroatoms. The number of fused-ring (bicyclic) bond motifs is 1. The van der Waals surface area contributed by atoms with Gasteiger partial charge in [-0.15, -0.1) is 0 Å². The molecule has 0 atom stereocenters. The third-order valence-corrected chi connectivity index (χ3v) is 4.54. The van der Waals surface area contributed by atoms with Crippen LogP contribution in [0.5, 0.6) is 0 Å². The number of nitrogens with one attached hydrogen (secondary N) is 2. The van der Waals surface area contributed by atoms with Crippen LogP contribution in [0.2, 0.25) is 0 Å². The van der Waals surface area contributed by atoms with E-state index in [-0.39, 0.29) is 35.2 Å². The van der Waals surface area contributed by atoms with E-state index >= 15 is 0 Å². The SMILES string of the molecule is [C-]#[N+]c1c(N)nc(N)nc1NCc1c(-c2ccccc2)[nH]c2ccccc2c1=O. The second kappa shape index (κ2) is 7.32. The summed E-state index contributed by atoms with van der Waals surface area (Å²) in [5.41, 5.74) is 14.2. The molecule has 0 radical (unpaired) electrons. The maximum atomic E-state index is 13.2. The smallest absolute Gasteiger partial charge is 0.268 e. The lowest BCUT2D eigenvalue weighted by Crippen LogP contribution is -2.17. The Morgan fingerprint density at radius 3 is 2.52 bits per heavy atom. The highest BCUT2D eigenvalue weighted by Gasteiger charge is 2.16. The minimum atomic E-state index is -0.106. The van der Waals surface area contributed by atoms with Crippen LogP contribution in [0.25, 0.3) is 27.0 Å². The normalized spacial score (nSPS) is 10.6. The number of rotatable bonds is 4. The number of H-pyrrole nitrogens is 1. The van der Waals surface area contributed by atoms with Crippen molar-refractivity contribution in [1.29, 1.82) is 0 Å². The average Bonchev–Trinajstić information content (AvgIpc) is 2.73. The van der Waals surface area contributed by atoms with Gasteiger partial charge in [-0.2, -0.15) is 0 Å². The Morgan fingerprint density at radius 1 is 1.03 bits per heavy atom. The highest BCUT2D eigenvalue weighted by Crippen LogP contribution is 2.30. The van der Waals surface area contributed by atoms with Crippen LogP contribution in [0.4, 0.5) is 23.3 Å². The lowest BCUT2D eigenvalue weighted by atomic mass is 10.0. The molecule has 4 rings (SSSR count). The van der Waals surface area contributed by atoms with Crippen LogP contribution in [-0.2, 0) is 6.54 Å². The van der Waals surface area contributed by atoms with Gasteiger partial charge in [-0.1, -0.05) is 42.5 Å². The first kappa shape index (κ1) is 18.0. The minimum absolute atomic E-state index is 0.00861. The van der Waals surface area contributed by atoms with Crippen LogP contribution < -0.4 is 22.2 Å². The number of nitrogen functional groups attached to an aromatic ring is 2. The molecule has 0 unspecified atom stereocenters. The predicted octanol–water partition coefficient (Wildman–Crippen LogP) is 3.31. The van der Waals surface area contributed by atoms with E-state index in [1.54, 1.807) is 6.07 Å². The molecule has 0 aliphatic heterocycles. The number of aromatic amines is 1. The molecule has 4 aromatic rings. The summed E-state index contributed by atoms with van der Waals surface area (Å²) in [5, 5.41) is 3.61. The fraction of sp³-hybridized carbons (Fsp3) is 0.0476. The van der Waals surface area contributed by atoms with E-state index in [9.17, 15) is 4.79 Å². The van der Waals surface area contributed by atoms with E-state index in [1.807, 2.05) is 48.5 Å². The van der Waals surface area contributed by atoms with Crippen molar-refractivity contribution < 1.29 is 0 Å². The van der Waals surface area contributed by atoms with Crippen molar-refractivity contribution in [2.75, 3.05) is 16.8 Å². The fourth-order valence-electron chi connectivity index (χ4n) is 3.19. The molecule has 0 aliphatic carbocycles. The summed E-state index contributed by atoms with van der Waals surface area (Å²) in [5.74, 6) is 0.135. The van der Waals surface area contributed by atoms with Crippen LogP contribution in [0.15, 0.2) is 59.4 Å². The van der Waals surface area contributed by atoms with Crippen LogP contribution in [-0.4, -0.2) is 15.0 Å². The minimum Gasteiger partial charge on any atom is -0.392 e. The highest BCUT2D eigenvalue weighted by molar-refractivity contribution is 5.84. The van der Waals surface area contributed by atoms with Gasteiger partial charge in [0.15, 0.2) is 5.43 Å². The zero-order valence-electron chi connectivity index (χ0n) is 15.3. The molecule has 0 aliphatic rings. The summed E-state index contributed by atoms with van der Waals surface area (Å²) in [6.07, 6.45) is 0. The Hall–Kier alpha value is -4.38. The zero-order chi connectivity index (χ0) is 20.4. The van der Waals surface area contributed by atoms with E-state index < -0.39 is 0 Å². The Balaban J connectivity index is 1.85. The number of anilines is 3. The predicted molar refractivity (Wildman–Crippen MR) is 114 cm³/mol. The third kappa shape index (κ3) is 3.33. The van der Waals surface area contributed by atoms with Gasteiger partial charge in [0, 0.05) is 23.0 Å². The standard InChI is InChI=1S/C21H17N7O/c1-24-17-19(22)27-21(23)28-20(17)25-11-14-16(12-7-3-2-4-8-12)26-15-10-6-5-9-13(15)18(14)29/h2-10H,11H2,(H,26,29)(H5,22,23,25,27,28). The van der Waals surface area contributed by atoms with E-state index in [2.05, 4.69) is 25.1 Å². The lowest BCUT2D eigenvalue weighted by molar-refractivity contribution is 1.08. The third-order valence-electron chi connectivity index (χ3n) is 4.54. The van der Waals surface area contributed by atoms with Crippen LogP contribution in [0.1, 0.15) is 5.56 Å². The van der Waals surface area contributed by atoms with E-state index in [0.717, 1.165) is 11.1 Å². The number of benzene rings is 2. The van der Waals surface area contributed by atoms with E-state index in [0.29, 0.717) is 16.6 Å². The zero-order valence-corrected chi connectivity index (χ0v) is 15.3. The molecule has 8 nitrogen and oxygen atoms in total.